The van der Waals surface area contributed by atoms with Gasteiger partial charge in [0, 0.05) is 21.6 Å². The maximum Gasteiger partial charge on any atom is 0.162 e. The minimum atomic E-state index is 0.398. The van der Waals surface area contributed by atoms with Crippen LogP contribution in [0.3, 0.4) is 0 Å². The van der Waals surface area contributed by atoms with Crippen molar-refractivity contribution in [1.82, 2.24) is 5.32 Å². The summed E-state index contributed by atoms with van der Waals surface area (Å²) in [6, 6.07) is 11.7. The van der Waals surface area contributed by atoms with Crippen LogP contribution in [0.1, 0.15) is 43.2 Å². The number of hydrogen-bond acceptors (Lipinski definition) is 3. The number of rotatable bonds is 9. The van der Waals surface area contributed by atoms with Crippen LogP contribution in [-0.4, -0.2) is 13.7 Å². The Balaban J connectivity index is 1.57. The maximum atomic E-state index is 6.21. The van der Waals surface area contributed by atoms with Gasteiger partial charge in [-0.15, -0.1) is 0 Å². The van der Waals surface area contributed by atoms with Crippen molar-refractivity contribution in [2.45, 2.75) is 45.3 Å². The third kappa shape index (κ3) is 6.00. The molecule has 1 N–H and O–H groups in total. The number of benzene rings is 2. The summed E-state index contributed by atoms with van der Waals surface area (Å²) in [4.78, 5) is 0. The van der Waals surface area contributed by atoms with Gasteiger partial charge >= 0.3 is 0 Å². The molecule has 0 aromatic heterocycles. The van der Waals surface area contributed by atoms with E-state index in [1.807, 2.05) is 36.4 Å². The van der Waals surface area contributed by atoms with Crippen LogP contribution in [0.4, 0.5) is 0 Å². The summed E-state index contributed by atoms with van der Waals surface area (Å²) in [7, 11) is 1.67. The van der Waals surface area contributed by atoms with E-state index in [-0.39, 0.29) is 0 Å². The second-order valence-electron chi connectivity index (χ2n) is 7.01. The molecule has 2 aromatic carbocycles. The fourth-order valence-corrected chi connectivity index (χ4v) is 4.01. The molecule has 0 heterocycles. The van der Waals surface area contributed by atoms with E-state index in [0.717, 1.165) is 40.9 Å². The highest BCUT2D eigenvalue weighted by atomic mass is 79.9. The molecule has 1 aliphatic rings. The van der Waals surface area contributed by atoms with Crippen LogP contribution in [0.25, 0.3) is 0 Å². The molecule has 2 aromatic rings. The lowest BCUT2D eigenvalue weighted by Crippen LogP contribution is -2.16. The van der Waals surface area contributed by atoms with Gasteiger partial charge in [0.2, 0.25) is 0 Å². The topological polar surface area (TPSA) is 30.5 Å². The van der Waals surface area contributed by atoms with E-state index < -0.39 is 0 Å². The summed E-state index contributed by atoms with van der Waals surface area (Å²) in [5, 5.41) is 4.24. The number of ether oxygens (including phenoxy) is 2. The monoisotopic (exact) mass is 463 g/mol. The first-order chi connectivity index (χ1) is 13.7. The van der Waals surface area contributed by atoms with E-state index in [1.54, 1.807) is 12.7 Å². The highest BCUT2D eigenvalue weighted by Crippen LogP contribution is 2.34. The lowest BCUT2D eigenvalue weighted by atomic mass is 9.97. The number of hydrogen-bond donors (Lipinski definition) is 1. The zero-order valence-corrected chi connectivity index (χ0v) is 18.6. The molecule has 0 fully saturated rings. The first-order valence-corrected chi connectivity index (χ1v) is 11.0. The molecule has 0 unspecified atom stereocenters. The average Bonchev–Trinajstić information content (AvgIpc) is 2.72. The van der Waals surface area contributed by atoms with E-state index in [9.17, 15) is 0 Å². The molecule has 0 amide bonds. The van der Waals surface area contributed by atoms with Crippen LogP contribution in [0.2, 0.25) is 5.02 Å². The van der Waals surface area contributed by atoms with Crippen molar-refractivity contribution in [1.29, 1.82) is 0 Å². The largest absolute Gasteiger partial charge is 0.493 e. The van der Waals surface area contributed by atoms with Gasteiger partial charge in [-0.25, -0.2) is 0 Å². The van der Waals surface area contributed by atoms with Crippen LogP contribution in [-0.2, 0) is 13.2 Å². The van der Waals surface area contributed by atoms with E-state index in [4.69, 9.17) is 21.1 Å². The normalized spacial score (nSPS) is 13.9. The average molecular weight is 465 g/mol. The molecular weight excluding hydrogens is 438 g/mol. The molecule has 1 aliphatic carbocycles. The van der Waals surface area contributed by atoms with Gasteiger partial charge in [-0.3, -0.25) is 0 Å². The molecule has 0 atom stereocenters. The summed E-state index contributed by atoms with van der Waals surface area (Å²) in [5.74, 6) is 1.42. The molecule has 0 saturated heterocycles. The molecule has 150 valence electrons. The van der Waals surface area contributed by atoms with Gasteiger partial charge in [0.05, 0.1) is 7.11 Å². The Morgan fingerprint density at radius 1 is 1.11 bits per heavy atom. The van der Waals surface area contributed by atoms with E-state index >= 15 is 0 Å². The van der Waals surface area contributed by atoms with Crippen molar-refractivity contribution in [2.75, 3.05) is 13.7 Å². The van der Waals surface area contributed by atoms with Crippen LogP contribution in [0, 0.1) is 0 Å². The Kier molecular flexibility index (Phi) is 8.26. The Labute approximate surface area is 181 Å². The Bertz CT molecular complexity index is 822. The molecule has 3 rings (SSSR count). The Hall–Kier alpha value is -1.49. The predicted molar refractivity (Wildman–Crippen MR) is 119 cm³/mol. The van der Waals surface area contributed by atoms with Crippen molar-refractivity contribution < 1.29 is 9.47 Å². The highest BCUT2D eigenvalue weighted by molar-refractivity contribution is 9.10. The van der Waals surface area contributed by atoms with Crippen molar-refractivity contribution >= 4 is 27.5 Å². The number of halogens is 2. The SMILES string of the molecule is COc1cc(CNCCC2=CCCCC2)c(Br)cc1OCc1ccccc1Cl. The number of nitrogens with one attached hydrogen (secondary N) is 1. The second-order valence-corrected chi connectivity index (χ2v) is 8.27. The van der Waals surface area contributed by atoms with Crippen LogP contribution in [0.15, 0.2) is 52.5 Å². The maximum absolute atomic E-state index is 6.21. The molecular formula is C23H27BrClNO2. The van der Waals surface area contributed by atoms with Gasteiger partial charge < -0.3 is 14.8 Å². The molecule has 5 heteroatoms. The third-order valence-electron chi connectivity index (χ3n) is 5.00. The minimum absolute atomic E-state index is 0.398. The third-order valence-corrected chi connectivity index (χ3v) is 6.10. The van der Waals surface area contributed by atoms with Crippen LogP contribution < -0.4 is 14.8 Å². The van der Waals surface area contributed by atoms with Gasteiger partial charge in [-0.2, -0.15) is 0 Å². The Morgan fingerprint density at radius 3 is 2.71 bits per heavy atom. The summed E-state index contributed by atoms with van der Waals surface area (Å²) in [5.41, 5.74) is 3.70. The van der Waals surface area contributed by atoms with Crippen molar-refractivity contribution in [3.63, 3.8) is 0 Å². The first-order valence-electron chi connectivity index (χ1n) is 9.78. The Morgan fingerprint density at radius 2 is 1.96 bits per heavy atom. The molecule has 0 bridgehead atoms. The lowest BCUT2D eigenvalue weighted by Gasteiger charge is -2.16. The smallest absolute Gasteiger partial charge is 0.162 e. The standard InChI is InChI=1S/C23H27BrClNO2/c1-27-22-13-19(15-26-12-11-17-7-3-2-4-8-17)20(24)14-23(22)28-16-18-9-5-6-10-21(18)25/h5-7,9-10,13-14,26H,2-4,8,11-12,15-16H2,1H3. The van der Waals surface area contributed by atoms with Crippen molar-refractivity contribution in [3.05, 3.63) is 68.7 Å². The lowest BCUT2D eigenvalue weighted by molar-refractivity contribution is 0.284. The summed E-state index contributed by atoms with van der Waals surface area (Å²) in [6.07, 6.45) is 8.73. The van der Waals surface area contributed by atoms with E-state index in [0.29, 0.717) is 17.4 Å². The second kappa shape index (κ2) is 10.9. The molecule has 0 aliphatic heterocycles. The van der Waals surface area contributed by atoms with Crippen LogP contribution in [0.5, 0.6) is 11.5 Å². The predicted octanol–water partition coefficient (Wildman–Crippen LogP) is 6.67. The molecule has 3 nitrogen and oxygen atoms in total. The molecule has 0 saturated carbocycles. The van der Waals surface area contributed by atoms with Gasteiger partial charge in [0.1, 0.15) is 6.61 Å². The quantitative estimate of drug-likeness (QED) is 0.332. The summed E-state index contributed by atoms with van der Waals surface area (Å²) in [6.45, 7) is 2.18. The fourth-order valence-electron chi connectivity index (χ4n) is 3.36. The van der Waals surface area contributed by atoms with Crippen LogP contribution >= 0.6 is 27.5 Å². The summed E-state index contributed by atoms with van der Waals surface area (Å²) < 4.78 is 12.5. The zero-order valence-electron chi connectivity index (χ0n) is 16.3. The molecule has 0 radical (unpaired) electrons. The minimum Gasteiger partial charge on any atom is -0.493 e. The van der Waals surface area contributed by atoms with Gasteiger partial charge in [-0.1, -0.05) is 57.4 Å². The number of allylic oxidation sites excluding steroid dienone is 1. The molecule has 0 spiro atoms. The van der Waals surface area contributed by atoms with E-state index in [2.05, 4.69) is 27.3 Å². The molecule has 28 heavy (non-hydrogen) atoms. The first kappa shape index (κ1) is 21.2. The van der Waals surface area contributed by atoms with Gasteiger partial charge in [-0.05, 0) is 62.4 Å². The van der Waals surface area contributed by atoms with E-state index in [1.165, 1.54) is 25.7 Å². The summed E-state index contributed by atoms with van der Waals surface area (Å²) >= 11 is 9.88. The fraction of sp³-hybridized carbons (Fsp3) is 0.391. The van der Waals surface area contributed by atoms with Crippen molar-refractivity contribution in [3.8, 4) is 11.5 Å². The highest BCUT2D eigenvalue weighted by Gasteiger charge is 2.12. The van der Waals surface area contributed by atoms with Crippen molar-refractivity contribution in [2.24, 2.45) is 0 Å². The van der Waals surface area contributed by atoms with Gasteiger partial charge in [0.15, 0.2) is 11.5 Å². The number of methoxy groups -OCH3 is 1. The van der Waals surface area contributed by atoms with Gasteiger partial charge in [0.25, 0.3) is 0 Å². The zero-order chi connectivity index (χ0) is 19.8.